The summed E-state index contributed by atoms with van der Waals surface area (Å²) in [7, 11) is 0. The second kappa shape index (κ2) is 3.32. The Bertz CT molecular complexity index is 99.2. The van der Waals surface area contributed by atoms with Crippen LogP contribution in [0.3, 0.4) is 0 Å². The van der Waals surface area contributed by atoms with Crippen molar-refractivity contribution in [1.82, 2.24) is 0 Å². The van der Waals surface area contributed by atoms with E-state index in [0.29, 0.717) is 0 Å². The van der Waals surface area contributed by atoms with Gasteiger partial charge in [0.25, 0.3) is 0 Å². The summed E-state index contributed by atoms with van der Waals surface area (Å²) in [4.78, 5) is 10.1. The zero-order chi connectivity index (χ0) is 6.69. The first-order valence-electron chi connectivity index (χ1n) is 3.05. The van der Waals surface area contributed by atoms with Crippen LogP contribution in [0.25, 0.3) is 0 Å². The molecule has 0 bridgehead atoms. The molecule has 2 nitrogen and oxygen atoms in total. The third kappa shape index (κ3) is 1.76. The van der Waals surface area contributed by atoms with Crippen LogP contribution in [-0.2, 0) is 9.53 Å². The smallest absolute Gasteiger partial charge is 0.136 e. The molecule has 1 aliphatic rings. The Morgan fingerprint density at radius 2 is 2.56 bits per heavy atom. The number of carbonyl (C=O) groups excluding carboxylic acids is 1. The molecule has 0 N–H and O–H groups in total. The lowest BCUT2D eigenvalue weighted by Gasteiger charge is -2.08. The molecule has 0 radical (unpaired) electrons. The average Bonchev–Trinajstić information content (AvgIpc) is 2.37. The quantitative estimate of drug-likeness (QED) is 0.485. The zero-order valence-electron chi connectivity index (χ0n) is 5.05. The monoisotopic (exact) mass is 192 g/mol. The summed E-state index contributed by atoms with van der Waals surface area (Å²) in [5.74, 6) is 0. The fourth-order valence-electron chi connectivity index (χ4n) is 0.941. The van der Waals surface area contributed by atoms with Crippen molar-refractivity contribution in [3.8, 4) is 0 Å². The highest BCUT2D eigenvalue weighted by Crippen LogP contribution is 2.18. The highest BCUT2D eigenvalue weighted by atomic mass is 79.9. The van der Waals surface area contributed by atoms with E-state index in [1.165, 1.54) is 0 Å². The van der Waals surface area contributed by atoms with Gasteiger partial charge in [0.05, 0.1) is 10.9 Å². The van der Waals surface area contributed by atoms with Crippen LogP contribution in [0.1, 0.15) is 12.8 Å². The van der Waals surface area contributed by atoms with E-state index in [1.54, 1.807) is 0 Å². The summed E-state index contributed by atoms with van der Waals surface area (Å²) >= 11 is 3.21. The van der Waals surface area contributed by atoms with Crippen molar-refractivity contribution in [1.29, 1.82) is 0 Å². The van der Waals surface area contributed by atoms with Crippen molar-refractivity contribution < 1.29 is 9.53 Å². The lowest BCUT2D eigenvalue weighted by Crippen LogP contribution is -2.20. The second-order valence-electron chi connectivity index (χ2n) is 2.13. The van der Waals surface area contributed by atoms with Crippen molar-refractivity contribution in [2.45, 2.75) is 23.8 Å². The topological polar surface area (TPSA) is 26.3 Å². The van der Waals surface area contributed by atoms with Crippen LogP contribution in [-0.4, -0.2) is 23.8 Å². The molecule has 52 valence electrons. The lowest BCUT2D eigenvalue weighted by atomic mass is 10.2. The minimum absolute atomic E-state index is 0.0972. The van der Waals surface area contributed by atoms with Crippen molar-refractivity contribution in [3.05, 3.63) is 0 Å². The van der Waals surface area contributed by atoms with Gasteiger partial charge in [-0.05, 0) is 12.8 Å². The van der Waals surface area contributed by atoms with E-state index in [4.69, 9.17) is 4.74 Å². The zero-order valence-corrected chi connectivity index (χ0v) is 6.63. The molecule has 0 aromatic heterocycles. The number of hydrogen-bond acceptors (Lipinski definition) is 2. The first-order chi connectivity index (χ1) is 4.34. The lowest BCUT2D eigenvalue weighted by molar-refractivity contribution is -0.109. The van der Waals surface area contributed by atoms with Gasteiger partial charge in [0.15, 0.2) is 0 Å². The Kier molecular flexibility index (Phi) is 2.66. The van der Waals surface area contributed by atoms with E-state index in [0.717, 1.165) is 25.7 Å². The number of halogens is 1. The molecule has 9 heavy (non-hydrogen) atoms. The second-order valence-corrected chi connectivity index (χ2v) is 3.19. The number of alkyl halides is 1. The molecule has 0 aliphatic carbocycles. The molecule has 2 unspecified atom stereocenters. The maximum atomic E-state index is 10.2. The van der Waals surface area contributed by atoms with Crippen LogP contribution < -0.4 is 0 Å². The number of hydrogen-bond donors (Lipinski definition) is 0. The fraction of sp³-hybridized carbons (Fsp3) is 0.833. The van der Waals surface area contributed by atoms with Gasteiger partial charge < -0.3 is 9.53 Å². The predicted molar refractivity (Wildman–Crippen MR) is 37.8 cm³/mol. The maximum absolute atomic E-state index is 10.2. The van der Waals surface area contributed by atoms with E-state index < -0.39 is 0 Å². The molecule has 1 fully saturated rings. The molecule has 2 atom stereocenters. The van der Waals surface area contributed by atoms with Crippen molar-refractivity contribution >= 4 is 22.2 Å². The molecule has 1 aliphatic heterocycles. The van der Waals surface area contributed by atoms with E-state index in [1.807, 2.05) is 0 Å². The summed E-state index contributed by atoms with van der Waals surface area (Å²) in [5.41, 5.74) is 0. The first-order valence-corrected chi connectivity index (χ1v) is 3.97. The highest BCUT2D eigenvalue weighted by molar-refractivity contribution is 9.10. The standard InChI is InChI=1S/C6H9BrO2/c7-5(4-8)6-2-1-3-9-6/h4-6H,1-3H2. The van der Waals surface area contributed by atoms with Gasteiger partial charge in [-0.3, -0.25) is 0 Å². The molecule has 0 amide bonds. The summed E-state index contributed by atoms with van der Waals surface area (Å²) in [6, 6.07) is 0. The third-order valence-corrected chi connectivity index (χ3v) is 2.26. The van der Waals surface area contributed by atoms with Gasteiger partial charge in [-0.1, -0.05) is 15.9 Å². The molecule has 1 saturated heterocycles. The first kappa shape index (κ1) is 7.22. The molecule has 0 aromatic carbocycles. The Morgan fingerprint density at radius 3 is 3.00 bits per heavy atom. The molecule has 3 heteroatoms. The van der Waals surface area contributed by atoms with Gasteiger partial charge in [0.1, 0.15) is 6.29 Å². The average molecular weight is 193 g/mol. The largest absolute Gasteiger partial charge is 0.377 e. The van der Waals surface area contributed by atoms with E-state index >= 15 is 0 Å². The molecular formula is C6H9BrO2. The molecule has 0 spiro atoms. The van der Waals surface area contributed by atoms with Crippen LogP contribution in [0.15, 0.2) is 0 Å². The van der Waals surface area contributed by atoms with Crippen LogP contribution in [0, 0.1) is 0 Å². The van der Waals surface area contributed by atoms with Gasteiger partial charge in [-0.2, -0.15) is 0 Å². The molecule has 0 aromatic rings. The van der Waals surface area contributed by atoms with Gasteiger partial charge in [-0.25, -0.2) is 0 Å². The van der Waals surface area contributed by atoms with Crippen LogP contribution in [0.4, 0.5) is 0 Å². The Balaban J connectivity index is 2.32. The van der Waals surface area contributed by atoms with Crippen LogP contribution in [0.2, 0.25) is 0 Å². The predicted octanol–water partition coefficient (Wildman–Crippen LogP) is 1.13. The van der Waals surface area contributed by atoms with E-state index in [2.05, 4.69) is 15.9 Å². The normalized spacial score (nSPS) is 30.1. The maximum Gasteiger partial charge on any atom is 0.136 e. The minimum Gasteiger partial charge on any atom is -0.377 e. The van der Waals surface area contributed by atoms with Crippen molar-refractivity contribution in [2.24, 2.45) is 0 Å². The molecule has 1 heterocycles. The van der Waals surface area contributed by atoms with Gasteiger partial charge in [0.2, 0.25) is 0 Å². The number of carbonyl (C=O) groups is 1. The van der Waals surface area contributed by atoms with Gasteiger partial charge in [0, 0.05) is 6.61 Å². The van der Waals surface area contributed by atoms with Gasteiger partial charge >= 0.3 is 0 Å². The molecular weight excluding hydrogens is 184 g/mol. The number of ether oxygens (including phenoxy) is 1. The van der Waals surface area contributed by atoms with Crippen LogP contribution >= 0.6 is 15.9 Å². The number of aldehydes is 1. The van der Waals surface area contributed by atoms with Crippen molar-refractivity contribution in [2.75, 3.05) is 6.61 Å². The number of rotatable bonds is 2. The summed E-state index contributed by atoms with van der Waals surface area (Å²) in [6.07, 6.45) is 3.10. The van der Waals surface area contributed by atoms with E-state index in [-0.39, 0.29) is 10.9 Å². The Labute approximate surface area is 62.7 Å². The summed E-state index contributed by atoms with van der Waals surface area (Å²) in [5, 5.41) is 0. The summed E-state index contributed by atoms with van der Waals surface area (Å²) in [6.45, 7) is 0.806. The summed E-state index contributed by atoms with van der Waals surface area (Å²) < 4.78 is 5.23. The molecule has 0 saturated carbocycles. The molecule has 1 rings (SSSR count). The third-order valence-electron chi connectivity index (χ3n) is 1.45. The fourth-order valence-corrected chi connectivity index (χ4v) is 1.36. The van der Waals surface area contributed by atoms with Crippen molar-refractivity contribution in [3.63, 3.8) is 0 Å². The SMILES string of the molecule is O=CC(Br)C1CCCO1. The van der Waals surface area contributed by atoms with Gasteiger partial charge in [-0.15, -0.1) is 0 Å². The highest BCUT2D eigenvalue weighted by Gasteiger charge is 2.22. The Morgan fingerprint density at radius 1 is 1.78 bits per heavy atom. The Hall–Kier alpha value is 0.110. The van der Waals surface area contributed by atoms with E-state index in [9.17, 15) is 4.79 Å². The minimum atomic E-state index is -0.0972. The van der Waals surface area contributed by atoms with Crippen LogP contribution in [0.5, 0.6) is 0 Å².